The van der Waals surface area contributed by atoms with Gasteiger partial charge in [0.2, 0.25) is 11.9 Å². The van der Waals surface area contributed by atoms with Gasteiger partial charge in [0, 0.05) is 43.8 Å². The number of nitrogens with two attached hydrogens (primary N) is 1. The minimum atomic E-state index is -0.552. The number of fused-ring (bicyclic) bond motifs is 3. The molecule has 4 aliphatic rings. The van der Waals surface area contributed by atoms with Crippen molar-refractivity contribution in [1.82, 2.24) is 19.7 Å². The Balaban J connectivity index is 0.000000287. The number of benzene rings is 1. The normalized spacial score (nSPS) is 18.1. The number of pyridine rings is 1. The average Bonchev–Trinajstić information content (AvgIpc) is 3.69. The first kappa shape index (κ1) is 28.2. The smallest absolute Gasteiger partial charge is 0.250 e. The number of aromatic nitrogens is 1. The molecule has 0 spiro atoms. The molecule has 1 saturated heterocycles. The number of aliphatic hydroxyl groups excluding tert-OH is 1. The molecule has 12 heteroatoms. The molecule has 0 bridgehead atoms. The van der Waals surface area contributed by atoms with Crippen LogP contribution in [0.25, 0.3) is 0 Å². The van der Waals surface area contributed by atoms with Crippen molar-refractivity contribution in [2.24, 2.45) is 20.7 Å². The lowest BCUT2D eigenvalue weighted by Gasteiger charge is -2.33. The number of amidine groups is 1. The number of aliphatic imine (C=N–C) groups is 3. The first-order valence-corrected chi connectivity index (χ1v) is 13.8. The molecule has 1 amide bonds. The lowest BCUT2D eigenvalue weighted by Crippen LogP contribution is -2.47. The van der Waals surface area contributed by atoms with Crippen LogP contribution in [0.2, 0.25) is 0 Å². The molecule has 12 nitrogen and oxygen atoms in total. The van der Waals surface area contributed by atoms with E-state index in [1.54, 1.807) is 31.9 Å². The third-order valence-electron chi connectivity index (χ3n) is 7.05. The quantitative estimate of drug-likeness (QED) is 0.523. The maximum absolute atomic E-state index is 10.5. The summed E-state index contributed by atoms with van der Waals surface area (Å²) < 4.78 is 11.7. The van der Waals surface area contributed by atoms with Crippen molar-refractivity contribution < 1.29 is 19.4 Å². The molecule has 0 unspecified atom stereocenters. The number of ether oxygens (including phenoxy) is 2. The predicted octanol–water partition coefficient (Wildman–Crippen LogP) is 1.94. The van der Waals surface area contributed by atoms with Gasteiger partial charge in [-0.25, -0.2) is 9.98 Å². The molecular weight excluding hydrogens is 524 g/mol. The van der Waals surface area contributed by atoms with Gasteiger partial charge in [-0.3, -0.25) is 24.6 Å². The van der Waals surface area contributed by atoms with Gasteiger partial charge in [-0.1, -0.05) is 0 Å². The monoisotopic (exact) mass is 560 g/mol. The Hall–Kier alpha value is -4.29. The van der Waals surface area contributed by atoms with E-state index in [0.29, 0.717) is 35.8 Å². The number of carbonyl (C=O) groups excluding carboxylic acids is 1. The van der Waals surface area contributed by atoms with Crippen LogP contribution in [-0.2, 0) is 0 Å². The Morgan fingerprint density at radius 3 is 2.71 bits per heavy atom. The number of β-amino-alcohol motifs (C(OH)–C–C–N with tert-alkyl or cyclic N) is 1. The Kier molecular flexibility index (Phi) is 8.90. The number of guanidine groups is 1. The first-order chi connectivity index (χ1) is 19.9. The second-order valence-corrected chi connectivity index (χ2v) is 10.2. The molecule has 5 heterocycles. The van der Waals surface area contributed by atoms with Gasteiger partial charge in [0.15, 0.2) is 11.5 Å². The summed E-state index contributed by atoms with van der Waals surface area (Å²) in [5, 5.41) is 10.4. The van der Waals surface area contributed by atoms with Crippen molar-refractivity contribution in [1.29, 1.82) is 0 Å². The maximum atomic E-state index is 10.5. The van der Waals surface area contributed by atoms with E-state index in [1.165, 1.54) is 19.0 Å². The molecular formula is C29H36N8O4. The van der Waals surface area contributed by atoms with Crippen LogP contribution in [0.1, 0.15) is 34.3 Å². The number of amides is 1. The number of carbonyl (C=O) groups is 1. The summed E-state index contributed by atoms with van der Waals surface area (Å²) in [5.74, 6) is 2.37. The molecule has 0 saturated carbocycles. The number of aliphatic hydroxyl groups is 1. The summed E-state index contributed by atoms with van der Waals surface area (Å²) in [7, 11) is 1.62. The largest absolute Gasteiger partial charge is 0.491 e. The van der Waals surface area contributed by atoms with Crippen molar-refractivity contribution in [2.75, 3.05) is 53.0 Å². The van der Waals surface area contributed by atoms with E-state index in [0.717, 1.165) is 49.1 Å². The number of rotatable bonds is 7. The topological polar surface area (TPSA) is 141 Å². The summed E-state index contributed by atoms with van der Waals surface area (Å²) in [4.78, 5) is 34.6. The molecule has 216 valence electrons. The van der Waals surface area contributed by atoms with Crippen LogP contribution in [0, 0.1) is 6.92 Å². The van der Waals surface area contributed by atoms with E-state index in [4.69, 9.17) is 25.2 Å². The second kappa shape index (κ2) is 12.9. The summed E-state index contributed by atoms with van der Waals surface area (Å²) >= 11 is 0. The molecule has 1 atom stereocenters. The van der Waals surface area contributed by atoms with Gasteiger partial charge in [-0.15, -0.1) is 0 Å². The molecule has 1 aromatic heterocycles. The highest BCUT2D eigenvalue weighted by Crippen LogP contribution is 2.43. The fraction of sp³-hybridized carbons (Fsp3) is 0.414. The van der Waals surface area contributed by atoms with Crippen LogP contribution in [0.5, 0.6) is 11.5 Å². The highest BCUT2D eigenvalue weighted by Gasteiger charge is 2.34. The Bertz CT molecular complexity index is 1380. The van der Waals surface area contributed by atoms with Crippen molar-refractivity contribution >= 4 is 29.7 Å². The highest BCUT2D eigenvalue weighted by atomic mass is 16.5. The van der Waals surface area contributed by atoms with Gasteiger partial charge in [0.25, 0.3) is 0 Å². The van der Waals surface area contributed by atoms with Gasteiger partial charge in [-0.05, 0) is 62.7 Å². The lowest BCUT2D eigenvalue weighted by molar-refractivity contribution is 0.0747. The number of hydrogen-bond acceptors (Lipinski definition) is 11. The molecule has 1 fully saturated rings. The van der Waals surface area contributed by atoms with Crippen molar-refractivity contribution in [3.05, 3.63) is 59.6 Å². The van der Waals surface area contributed by atoms with Crippen LogP contribution in [-0.4, -0.2) is 108 Å². The van der Waals surface area contributed by atoms with Gasteiger partial charge in [-0.2, -0.15) is 0 Å². The van der Waals surface area contributed by atoms with Crippen molar-refractivity contribution in [2.45, 2.75) is 25.9 Å². The van der Waals surface area contributed by atoms with E-state index in [-0.39, 0.29) is 6.61 Å². The van der Waals surface area contributed by atoms with Crippen LogP contribution >= 0.6 is 0 Å². The molecule has 3 N–H and O–H groups in total. The summed E-state index contributed by atoms with van der Waals surface area (Å²) in [6.07, 6.45) is 10.5. The molecule has 0 aliphatic carbocycles. The Morgan fingerprint density at radius 1 is 1.20 bits per heavy atom. The zero-order valence-electron chi connectivity index (χ0n) is 23.4. The van der Waals surface area contributed by atoms with Crippen molar-refractivity contribution in [3.63, 3.8) is 0 Å². The SMILES string of the molecule is COc1c(OC[C@H](O)CN2CCCC2)ccc2c1N=C(N1C=NC=CC1)N1CCN=C21.Cc1cncc(C(N)=O)c1. The molecule has 41 heavy (non-hydrogen) atoms. The number of likely N-dealkylation sites (tertiary alicyclic amines) is 1. The molecule has 6 rings (SSSR count). The van der Waals surface area contributed by atoms with Gasteiger partial charge < -0.3 is 25.2 Å². The van der Waals surface area contributed by atoms with Crippen LogP contribution in [0.4, 0.5) is 5.69 Å². The van der Waals surface area contributed by atoms with E-state index in [9.17, 15) is 9.90 Å². The van der Waals surface area contributed by atoms with Crippen LogP contribution in [0.3, 0.4) is 0 Å². The number of methoxy groups -OCH3 is 1. The average molecular weight is 561 g/mol. The Morgan fingerprint density at radius 2 is 2.02 bits per heavy atom. The van der Waals surface area contributed by atoms with Crippen LogP contribution < -0.4 is 15.2 Å². The highest BCUT2D eigenvalue weighted by molar-refractivity contribution is 6.18. The molecule has 0 radical (unpaired) electrons. The zero-order chi connectivity index (χ0) is 28.8. The maximum Gasteiger partial charge on any atom is 0.250 e. The number of primary amides is 1. The van der Waals surface area contributed by atoms with Gasteiger partial charge >= 0.3 is 0 Å². The standard InChI is InChI=1S/C22H28N6O3.C7H8N2O/c1-30-20-18(31-14-16(29)13-26-9-2-3-10-26)6-5-17-19(20)25-22(27-11-4-7-23-15-27)28-12-8-24-21(17)28;1-5-2-6(7(8)10)4-9-3-5/h4-7,15-16,29H,2-3,8-14H2,1H3;2-4H,1H3,(H2,8,10)/t16-;/m1./s1. The summed E-state index contributed by atoms with van der Waals surface area (Å²) in [6, 6.07) is 5.56. The zero-order valence-corrected chi connectivity index (χ0v) is 23.4. The Labute approximate surface area is 239 Å². The fourth-order valence-corrected chi connectivity index (χ4v) is 5.12. The van der Waals surface area contributed by atoms with E-state index in [2.05, 4.69) is 19.8 Å². The first-order valence-electron chi connectivity index (χ1n) is 13.8. The predicted molar refractivity (Wildman–Crippen MR) is 157 cm³/mol. The fourth-order valence-electron chi connectivity index (χ4n) is 5.12. The third-order valence-corrected chi connectivity index (χ3v) is 7.05. The number of nitrogens with zero attached hydrogens (tertiary/aromatic N) is 7. The van der Waals surface area contributed by atoms with E-state index < -0.39 is 12.0 Å². The second-order valence-electron chi connectivity index (χ2n) is 10.2. The minimum absolute atomic E-state index is 0.207. The third kappa shape index (κ3) is 6.55. The molecule has 2 aromatic rings. The van der Waals surface area contributed by atoms with Crippen molar-refractivity contribution in [3.8, 4) is 11.5 Å². The van der Waals surface area contributed by atoms with E-state index >= 15 is 0 Å². The summed E-state index contributed by atoms with van der Waals surface area (Å²) in [6.45, 7) is 6.99. The lowest BCUT2D eigenvalue weighted by atomic mass is 10.1. The summed E-state index contributed by atoms with van der Waals surface area (Å²) in [5.41, 5.74) is 8.02. The van der Waals surface area contributed by atoms with Crippen LogP contribution in [0.15, 0.2) is 57.8 Å². The van der Waals surface area contributed by atoms with E-state index in [1.807, 2.05) is 30.0 Å². The van der Waals surface area contributed by atoms with Gasteiger partial charge in [0.1, 0.15) is 24.2 Å². The number of hydrogen-bond donors (Lipinski definition) is 2. The van der Waals surface area contributed by atoms with Gasteiger partial charge in [0.05, 0.1) is 25.6 Å². The number of aryl methyl sites for hydroxylation is 1. The molecule has 1 aromatic carbocycles. The molecule has 4 aliphatic heterocycles. The minimum Gasteiger partial charge on any atom is -0.491 e.